The van der Waals surface area contributed by atoms with E-state index in [0.717, 1.165) is 25.0 Å². The number of rotatable bonds is 10. The van der Waals surface area contributed by atoms with Crippen molar-refractivity contribution in [2.45, 2.75) is 71.6 Å². The van der Waals surface area contributed by atoms with Crippen molar-refractivity contribution in [2.75, 3.05) is 5.32 Å². The van der Waals surface area contributed by atoms with E-state index in [9.17, 15) is 9.18 Å². The molecule has 1 amide bonds. The van der Waals surface area contributed by atoms with Crippen molar-refractivity contribution in [1.29, 1.82) is 0 Å². The van der Waals surface area contributed by atoms with Crippen LogP contribution in [0.4, 0.5) is 10.1 Å². The zero-order chi connectivity index (χ0) is 28.1. The lowest BCUT2D eigenvalue weighted by molar-refractivity contribution is 0.102. The van der Waals surface area contributed by atoms with Crippen LogP contribution in [0.5, 0.6) is 0 Å². The van der Waals surface area contributed by atoms with Gasteiger partial charge in [-0.2, -0.15) is 0 Å². The second-order valence-corrected chi connectivity index (χ2v) is 11.1. The first-order valence-corrected chi connectivity index (χ1v) is 14.6. The van der Waals surface area contributed by atoms with Crippen molar-refractivity contribution in [3.05, 3.63) is 88.0 Å². The zero-order valence-corrected chi connectivity index (χ0v) is 23.9. The second kappa shape index (κ2) is 12.8. The number of pyridine rings is 1. The van der Waals surface area contributed by atoms with E-state index in [0.29, 0.717) is 44.9 Å². The van der Waals surface area contributed by atoms with Crippen LogP contribution in [0.25, 0.3) is 22.5 Å². The highest BCUT2D eigenvalue weighted by molar-refractivity contribution is 6.33. The fourth-order valence-electron chi connectivity index (χ4n) is 5.61. The van der Waals surface area contributed by atoms with Gasteiger partial charge in [0.05, 0.1) is 10.7 Å². The van der Waals surface area contributed by atoms with Gasteiger partial charge in [0, 0.05) is 22.5 Å². The number of unbranched alkanes of at least 4 members (excludes halogenated alkanes) is 4. The van der Waals surface area contributed by atoms with Gasteiger partial charge in [0.2, 0.25) is 0 Å². The summed E-state index contributed by atoms with van der Waals surface area (Å²) in [6.07, 6.45) is 11.0. The number of nitrogens with one attached hydrogen (secondary N) is 1. The smallest absolute Gasteiger partial charge is 0.261 e. The van der Waals surface area contributed by atoms with Crippen molar-refractivity contribution >= 4 is 23.2 Å². The first kappa shape index (κ1) is 28.0. The second-order valence-electron chi connectivity index (χ2n) is 10.7. The molecular weight excluding hydrogens is 525 g/mol. The number of carbonyl (C=O) groups excluding carboxylic acids is 1. The van der Waals surface area contributed by atoms with Gasteiger partial charge in [0.15, 0.2) is 0 Å². The van der Waals surface area contributed by atoms with E-state index in [-0.39, 0.29) is 5.56 Å². The molecule has 0 bridgehead atoms. The van der Waals surface area contributed by atoms with Crippen LogP contribution >= 0.6 is 11.6 Å². The van der Waals surface area contributed by atoms with Gasteiger partial charge in [-0.3, -0.25) is 9.78 Å². The molecule has 2 heterocycles. The highest BCUT2D eigenvalue weighted by Crippen LogP contribution is 2.33. The van der Waals surface area contributed by atoms with Gasteiger partial charge in [-0.1, -0.05) is 86.5 Å². The van der Waals surface area contributed by atoms with Crippen molar-refractivity contribution < 1.29 is 13.7 Å². The van der Waals surface area contributed by atoms with Crippen LogP contribution in [0, 0.1) is 18.7 Å². The van der Waals surface area contributed by atoms with Crippen molar-refractivity contribution in [3.63, 3.8) is 0 Å². The Balaban J connectivity index is 1.31. The number of benzene rings is 2. The molecule has 1 N–H and O–H groups in total. The molecule has 0 saturated carbocycles. The van der Waals surface area contributed by atoms with Crippen LogP contribution in [-0.4, -0.2) is 16.0 Å². The summed E-state index contributed by atoms with van der Waals surface area (Å²) in [6, 6.07) is 15.7. The molecule has 5 nitrogen and oxygen atoms in total. The first-order chi connectivity index (χ1) is 19.4. The molecule has 7 heteroatoms. The molecule has 2 aromatic carbocycles. The largest absolute Gasteiger partial charge is 0.360 e. The maximum absolute atomic E-state index is 14.7. The quantitative estimate of drug-likeness (QED) is 0.197. The van der Waals surface area contributed by atoms with E-state index in [1.54, 1.807) is 31.2 Å². The molecule has 1 atom stereocenters. The van der Waals surface area contributed by atoms with Gasteiger partial charge >= 0.3 is 0 Å². The molecule has 0 fully saturated rings. The third-order valence-electron chi connectivity index (χ3n) is 7.75. The topological polar surface area (TPSA) is 68.0 Å². The zero-order valence-electron chi connectivity index (χ0n) is 23.1. The number of aromatic nitrogens is 2. The summed E-state index contributed by atoms with van der Waals surface area (Å²) in [5.41, 5.74) is 5.22. The molecule has 0 radical (unpaired) electrons. The Labute approximate surface area is 240 Å². The minimum atomic E-state index is -0.455. The van der Waals surface area contributed by atoms with Crippen LogP contribution in [0.1, 0.15) is 79.2 Å². The van der Waals surface area contributed by atoms with E-state index in [1.165, 1.54) is 56.2 Å². The monoisotopic (exact) mass is 559 g/mol. The Bertz CT molecular complexity index is 1500. The van der Waals surface area contributed by atoms with E-state index in [4.69, 9.17) is 21.1 Å². The van der Waals surface area contributed by atoms with E-state index < -0.39 is 11.7 Å². The number of hydrogen-bond acceptors (Lipinski definition) is 4. The molecule has 2 aromatic heterocycles. The summed E-state index contributed by atoms with van der Waals surface area (Å²) >= 11 is 6.34. The molecule has 0 spiro atoms. The lowest BCUT2D eigenvalue weighted by Gasteiger charge is -2.24. The predicted octanol–water partition coefficient (Wildman–Crippen LogP) is 9.22. The summed E-state index contributed by atoms with van der Waals surface area (Å²) in [6.45, 7) is 3.91. The Morgan fingerprint density at radius 1 is 1.10 bits per heavy atom. The number of fused-ring (bicyclic) bond motifs is 1. The van der Waals surface area contributed by atoms with E-state index >= 15 is 0 Å². The van der Waals surface area contributed by atoms with Crippen molar-refractivity contribution in [3.8, 4) is 22.5 Å². The Hall–Kier alpha value is -3.51. The van der Waals surface area contributed by atoms with Crippen molar-refractivity contribution in [2.24, 2.45) is 5.92 Å². The molecule has 5 rings (SSSR count). The summed E-state index contributed by atoms with van der Waals surface area (Å²) in [4.78, 5) is 18.2. The number of hydrogen-bond donors (Lipinski definition) is 1. The molecule has 1 aliphatic rings. The average Bonchev–Trinajstić information content (AvgIpc) is 3.33. The van der Waals surface area contributed by atoms with Crippen LogP contribution in [-0.2, 0) is 12.8 Å². The SMILES string of the molecule is CCCCCCCC1CCc2nc(-c3cc(F)cc(NC(=O)c4c(-c5ccccc5Cl)noc4C)c3)ccc2C1. The lowest BCUT2D eigenvalue weighted by atomic mass is 9.83. The van der Waals surface area contributed by atoms with Gasteiger partial charge in [0.1, 0.15) is 22.8 Å². The number of amides is 1. The maximum Gasteiger partial charge on any atom is 0.261 e. The fraction of sp³-hybridized carbons (Fsp3) is 0.364. The van der Waals surface area contributed by atoms with Gasteiger partial charge < -0.3 is 9.84 Å². The highest BCUT2D eigenvalue weighted by atomic mass is 35.5. The normalized spacial score (nSPS) is 14.7. The number of halogens is 2. The molecule has 40 heavy (non-hydrogen) atoms. The Morgan fingerprint density at radius 2 is 1.93 bits per heavy atom. The minimum absolute atomic E-state index is 0.255. The first-order valence-electron chi connectivity index (χ1n) is 14.2. The van der Waals surface area contributed by atoms with Gasteiger partial charge in [0.25, 0.3) is 5.91 Å². The van der Waals surface area contributed by atoms with E-state index in [2.05, 4.69) is 23.5 Å². The number of anilines is 1. The standard InChI is InChI=1S/C33H35ClFN3O2/c1-3-4-5-6-7-10-22-13-15-29-23(17-22)14-16-30(37-29)24-18-25(35)20-26(19-24)36-33(39)31-21(2)40-38-32(31)27-11-8-9-12-28(27)34/h8-9,11-12,14,16,18-20,22H,3-7,10,13,15,17H2,1-2H3,(H,36,39). The molecule has 1 aliphatic carbocycles. The van der Waals surface area contributed by atoms with Crippen LogP contribution in [0.15, 0.2) is 59.1 Å². The van der Waals surface area contributed by atoms with Crippen LogP contribution < -0.4 is 5.32 Å². The minimum Gasteiger partial charge on any atom is -0.360 e. The molecule has 0 aliphatic heterocycles. The number of carbonyl (C=O) groups is 1. The van der Waals surface area contributed by atoms with Gasteiger partial charge in [-0.05, 0) is 68.0 Å². The predicted molar refractivity (Wildman–Crippen MR) is 158 cm³/mol. The molecule has 208 valence electrons. The molecular formula is C33H35ClFN3O2. The van der Waals surface area contributed by atoms with E-state index in [1.807, 2.05) is 12.1 Å². The third kappa shape index (κ3) is 6.44. The number of nitrogens with zero attached hydrogens (tertiary/aromatic N) is 2. The maximum atomic E-state index is 14.7. The summed E-state index contributed by atoms with van der Waals surface area (Å²) in [7, 11) is 0. The fourth-order valence-corrected chi connectivity index (χ4v) is 5.84. The summed E-state index contributed by atoms with van der Waals surface area (Å²) in [5.74, 6) is 0.155. The third-order valence-corrected chi connectivity index (χ3v) is 8.08. The summed E-state index contributed by atoms with van der Waals surface area (Å²) in [5, 5.41) is 7.33. The highest BCUT2D eigenvalue weighted by Gasteiger charge is 2.24. The molecule has 0 saturated heterocycles. The summed E-state index contributed by atoms with van der Waals surface area (Å²) < 4.78 is 20.1. The Morgan fingerprint density at radius 3 is 2.75 bits per heavy atom. The van der Waals surface area contributed by atoms with Gasteiger partial charge in [-0.15, -0.1) is 0 Å². The molecule has 1 unspecified atom stereocenters. The number of aryl methyl sites for hydroxylation is 2. The Kier molecular flexibility index (Phi) is 8.95. The average molecular weight is 560 g/mol. The van der Waals surface area contributed by atoms with Crippen LogP contribution in [0.2, 0.25) is 5.02 Å². The van der Waals surface area contributed by atoms with Crippen LogP contribution in [0.3, 0.4) is 0 Å². The van der Waals surface area contributed by atoms with Crippen molar-refractivity contribution in [1.82, 2.24) is 10.1 Å². The van der Waals surface area contributed by atoms with Gasteiger partial charge in [-0.25, -0.2) is 4.39 Å². The molecule has 4 aromatic rings. The lowest BCUT2D eigenvalue weighted by Crippen LogP contribution is -2.16.